The number of benzene rings is 1. The Bertz CT molecular complexity index is 552. The van der Waals surface area contributed by atoms with Crippen LogP contribution >= 0.6 is 0 Å². The molecule has 1 amide bonds. The predicted octanol–water partition coefficient (Wildman–Crippen LogP) is 2.18. The number of amides is 1. The highest BCUT2D eigenvalue weighted by Gasteiger charge is 2.24. The first kappa shape index (κ1) is 17.9. The molecule has 1 aromatic rings. The van der Waals surface area contributed by atoms with Crippen LogP contribution in [0.25, 0.3) is 0 Å². The number of carbonyl (C=O) groups excluding carboxylic acids is 1. The van der Waals surface area contributed by atoms with Gasteiger partial charge in [-0.1, -0.05) is 12.1 Å². The van der Waals surface area contributed by atoms with Crippen molar-refractivity contribution in [3.05, 3.63) is 29.3 Å². The van der Waals surface area contributed by atoms with Gasteiger partial charge in [0.25, 0.3) is 5.91 Å². The second kappa shape index (κ2) is 7.43. The van der Waals surface area contributed by atoms with Crippen molar-refractivity contribution in [2.45, 2.75) is 52.4 Å². The topological polar surface area (TPSA) is 61.8 Å². The van der Waals surface area contributed by atoms with Gasteiger partial charge in [-0.05, 0) is 51.3 Å². The summed E-state index contributed by atoms with van der Waals surface area (Å²) in [6.45, 7) is 10.1. The van der Waals surface area contributed by atoms with E-state index >= 15 is 0 Å². The van der Waals surface area contributed by atoms with E-state index in [1.807, 2.05) is 32.9 Å². The molecule has 23 heavy (non-hydrogen) atoms. The van der Waals surface area contributed by atoms with Crippen LogP contribution in [0.15, 0.2) is 18.2 Å². The summed E-state index contributed by atoms with van der Waals surface area (Å²) in [6.07, 6.45) is 0.413. The summed E-state index contributed by atoms with van der Waals surface area (Å²) < 4.78 is 5.34. The number of anilines is 1. The van der Waals surface area contributed by atoms with E-state index in [9.17, 15) is 9.90 Å². The molecule has 1 unspecified atom stereocenters. The van der Waals surface area contributed by atoms with Crippen molar-refractivity contribution in [3.63, 3.8) is 0 Å². The zero-order valence-corrected chi connectivity index (χ0v) is 14.6. The number of nitrogens with one attached hydrogen (secondary N) is 1. The van der Waals surface area contributed by atoms with Gasteiger partial charge in [0.1, 0.15) is 6.10 Å². The number of aliphatic hydroxyl groups is 1. The molecule has 1 heterocycles. The van der Waals surface area contributed by atoms with Crippen molar-refractivity contribution in [2.75, 3.05) is 25.0 Å². The molecule has 5 heteroatoms. The predicted molar refractivity (Wildman–Crippen MR) is 91.4 cm³/mol. The molecule has 0 spiro atoms. The molecule has 0 saturated heterocycles. The Hall–Kier alpha value is -1.43. The van der Waals surface area contributed by atoms with E-state index in [-0.39, 0.29) is 5.91 Å². The van der Waals surface area contributed by atoms with Crippen molar-refractivity contribution >= 4 is 11.6 Å². The van der Waals surface area contributed by atoms with Crippen molar-refractivity contribution in [3.8, 4) is 0 Å². The maximum absolute atomic E-state index is 12.2. The van der Waals surface area contributed by atoms with Crippen molar-refractivity contribution in [2.24, 2.45) is 0 Å². The second-order valence-corrected chi connectivity index (χ2v) is 6.80. The molecule has 0 saturated carbocycles. The second-order valence-electron chi connectivity index (χ2n) is 6.80. The third-order valence-electron chi connectivity index (χ3n) is 4.00. The number of rotatable bonds is 6. The van der Waals surface area contributed by atoms with Crippen LogP contribution in [0.4, 0.5) is 5.69 Å². The first-order chi connectivity index (χ1) is 10.8. The van der Waals surface area contributed by atoms with Crippen LogP contribution in [0.5, 0.6) is 0 Å². The zero-order chi connectivity index (χ0) is 17.0. The normalized spacial score (nSPS) is 16.7. The van der Waals surface area contributed by atoms with E-state index in [4.69, 9.17) is 4.74 Å². The third-order valence-corrected chi connectivity index (χ3v) is 4.00. The van der Waals surface area contributed by atoms with Crippen LogP contribution in [0, 0.1) is 0 Å². The molecule has 0 bridgehead atoms. The number of ether oxygens (including phenoxy) is 1. The van der Waals surface area contributed by atoms with Gasteiger partial charge in [0, 0.05) is 31.9 Å². The minimum atomic E-state index is -0.698. The summed E-state index contributed by atoms with van der Waals surface area (Å²) in [5.74, 6) is -0.112. The van der Waals surface area contributed by atoms with Crippen LogP contribution in [0.3, 0.4) is 0 Å². The van der Waals surface area contributed by atoms with Crippen LogP contribution in [-0.2, 0) is 22.5 Å². The number of hydrogen-bond donors (Lipinski definition) is 2. The average Bonchev–Trinajstić information content (AvgIpc) is 2.45. The highest BCUT2D eigenvalue weighted by Crippen LogP contribution is 2.27. The van der Waals surface area contributed by atoms with Crippen molar-refractivity contribution < 1.29 is 14.6 Å². The van der Waals surface area contributed by atoms with Gasteiger partial charge in [-0.15, -0.1) is 0 Å². The first-order valence-electron chi connectivity index (χ1n) is 8.28. The smallest absolute Gasteiger partial charge is 0.253 e. The molecule has 1 aliphatic rings. The van der Waals surface area contributed by atoms with Gasteiger partial charge in [0.05, 0.1) is 5.60 Å². The molecular formula is C18H28N2O3. The molecular weight excluding hydrogens is 292 g/mol. The average molecular weight is 320 g/mol. The maximum Gasteiger partial charge on any atom is 0.253 e. The molecule has 0 fully saturated rings. The zero-order valence-electron chi connectivity index (χ0n) is 14.6. The van der Waals surface area contributed by atoms with E-state index in [0.29, 0.717) is 13.2 Å². The van der Waals surface area contributed by atoms with E-state index in [2.05, 4.69) is 16.3 Å². The Balaban J connectivity index is 2.09. The third kappa shape index (κ3) is 5.03. The molecule has 5 nitrogen and oxygen atoms in total. The van der Waals surface area contributed by atoms with Crippen molar-refractivity contribution in [1.82, 2.24) is 4.90 Å². The molecule has 2 rings (SSSR count). The molecule has 1 aromatic carbocycles. The van der Waals surface area contributed by atoms with Gasteiger partial charge < -0.3 is 15.2 Å². The molecule has 1 aliphatic heterocycles. The fourth-order valence-corrected chi connectivity index (χ4v) is 3.03. The summed E-state index contributed by atoms with van der Waals surface area (Å²) in [5.41, 5.74) is 2.58. The molecule has 0 radical (unpaired) electrons. The number of nitrogens with zero attached hydrogens (tertiary/aromatic N) is 1. The molecule has 0 aromatic heterocycles. The monoisotopic (exact) mass is 320 g/mol. The largest absolute Gasteiger partial charge is 0.389 e. The lowest BCUT2D eigenvalue weighted by molar-refractivity contribution is -0.126. The minimum absolute atomic E-state index is 0.112. The lowest BCUT2D eigenvalue weighted by Gasteiger charge is -2.34. The van der Waals surface area contributed by atoms with Crippen LogP contribution in [0.2, 0.25) is 0 Å². The van der Waals surface area contributed by atoms with Crippen molar-refractivity contribution in [1.29, 1.82) is 0 Å². The van der Waals surface area contributed by atoms with Crippen LogP contribution in [-0.4, -0.2) is 47.3 Å². The number of fused-ring (bicyclic) bond motifs is 1. The number of β-amino-alcohol motifs (C(OH)–C–C–N with tert-alkyl or cyclic N) is 1. The highest BCUT2D eigenvalue weighted by atomic mass is 16.5. The van der Waals surface area contributed by atoms with E-state index in [1.165, 1.54) is 11.1 Å². The summed E-state index contributed by atoms with van der Waals surface area (Å²) >= 11 is 0. The summed E-state index contributed by atoms with van der Waals surface area (Å²) in [5, 5.41) is 13.0. The summed E-state index contributed by atoms with van der Waals surface area (Å²) in [4.78, 5) is 14.4. The molecule has 2 N–H and O–H groups in total. The highest BCUT2D eigenvalue weighted by molar-refractivity contribution is 5.94. The van der Waals surface area contributed by atoms with E-state index < -0.39 is 11.7 Å². The van der Waals surface area contributed by atoms with Crippen LogP contribution in [0.1, 0.15) is 38.8 Å². The van der Waals surface area contributed by atoms with Gasteiger partial charge >= 0.3 is 0 Å². The Labute approximate surface area is 138 Å². The molecule has 1 atom stereocenters. The number of hydrogen-bond acceptors (Lipinski definition) is 4. The fraction of sp³-hybridized carbons (Fsp3) is 0.611. The van der Waals surface area contributed by atoms with E-state index in [0.717, 1.165) is 25.2 Å². The fourth-order valence-electron chi connectivity index (χ4n) is 3.03. The maximum atomic E-state index is 12.2. The Kier molecular flexibility index (Phi) is 5.79. The lowest BCUT2D eigenvalue weighted by atomic mass is 9.96. The van der Waals surface area contributed by atoms with Crippen LogP contribution < -0.4 is 5.32 Å². The Morgan fingerprint density at radius 2 is 2.22 bits per heavy atom. The first-order valence-corrected chi connectivity index (χ1v) is 8.28. The van der Waals surface area contributed by atoms with Gasteiger partial charge in [-0.3, -0.25) is 9.69 Å². The SMILES string of the molecule is CCOC(C)C(=O)Nc1cccc2c1CCN(CC(C)(C)O)C2. The van der Waals surface area contributed by atoms with Gasteiger partial charge in [-0.2, -0.15) is 0 Å². The number of carbonyl (C=O) groups is 1. The Morgan fingerprint density at radius 1 is 1.48 bits per heavy atom. The van der Waals surface area contributed by atoms with Gasteiger partial charge in [-0.25, -0.2) is 0 Å². The standard InChI is InChI=1S/C18H28N2O3/c1-5-23-13(2)17(21)19-16-8-6-7-14-11-20(10-9-15(14)16)12-18(3,4)22/h6-8,13,22H,5,9-12H2,1-4H3,(H,19,21). The van der Waals surface area contributed by atoms with E-state index in [1.54, 1.807) is 6.92 Å². The quantitative estimate of drug-likeness (QED) is 0.843. The molecule has 0 aliphatic carbocycles. The molecule has 128 valence electrons. The summed E-state index contributed by atoms with van der Waals surface area (Å²) in [7, 11) is 0. The summed E-state index contributed by atoms with van der Waals surface area (Å²) in [6, 6.07) is 6.00. The lowest BCUT2D eigenvalue weighted by Crippen LogP contribution is -2.41. The Morgan fingerprint density at radius 3 is 2.87 bits per heavy atom. The minimum Gasteiger partial charge on any atom is -0.389 e. The van der Waals surface area contributed by atoms with Gasteiger partial charge in [0.2, 0.25) is 0 Å². The van der Waals surface area contributed by atoms with Gasteiger partial charge in [0.15, 0.2) is 0 Å².